The molecule has 7 nitrogen and oxygen atoms in total. The number of nitrogens with one attached hydrogen (secondary N) is 1. The fourth-order valence-corrected chi connectivity index (χ4v) is 2.44. The molecule has 1 unspecified atom stereocenters. The molecule has 0 radical (unpaired) electrons. The average Bonchev–Trinajstić information content (AvgIpc) is 2.54. The van der Waals surface area contributed by atoms with Gasteiger partial charge >= 0.3 is 6.01 Å². The number of anilines is 2. The average molecular weight is 294 g/mol. The van der Waals surface area contributed by atoms with Gasteiger partial charge < -0.3 is 15.0 Å². The van der Waals surface area contributed by atoms with E-state index < -0.39 is 0 Å². The van der Waals surface area contributed by atoms with E-state index in [0.29, 0.717) is 23.9 Å². The van der Waals surface area contributed by atoms with E-state index in [1.807, 2.05) is 6.92 Å². The van der Waals surface area contributed by atoms with Gasteiger partial charge in [-0.3, -0.25) is 4.90 Å². The Morgan fingerprint density at radius 2 is 1.86 bits per heavy atom. The number of nitrogens with zero attached hydrogens (tertiary/aromatic N) is 5. The third-order valence-electron chi connectivity index (χ3n) is 3.93. The Balaban J connectivity index is 2.07. The molecule has 2 heterocycles. The molecule has 0 spiro atoms. The second-order valence-electron chi connectivity index (χ2n) is 5.26. The highest BCUT2D eigenvalue weighted by molar-refractivity contribution is 5.38. The molecule has 1 saturated heterocycles. The Morgan fingerprint density at radius 1 is 1.14 bits per heavy atom. The monoisotopic (exact) mass is 294 g/mol. The number of hydrogen-bond acceptors (Lipinski definition) is 7. The topological polar surface area (TPSA) is 66.4 Å². The van der Waals surface area contributed by atoms with E-state index in [9.17, 15) is 0 Å². The van der Waals surface area contributed by atoms with Gasteiger partial charge in [-0.2, -0.15) is 15.0 Å². The van der Waals surface area contributed by atoms with Crippen molar-refractivity contribution in [1.29, 1.82) is 0 Å². The molecule has 1 aliphatic heterocycles. The minimum absolute atomic E-state index is 0.361. The number of ether oxygens (including phenoxy) is 1. The van der Waals surface area contributed by atoms with Crippen molar-refractivity contribution in [2.45, 2.75) is 33.2 Å². The van der Waals surface area contributed by atoms with Crippen LogP contribution in [0, 0.1) is 0 Å². The Kier molecular flexibility index (Phi) is 5.55. The number of methoxy groups -OCH3 is 1. The zero-order chi connectivity index (χ0) is 15.2. The van der Waals surface area contributed by atoms with Crippen molar-refractivity contribution >= 4 is 11.9 Å². The van der Waals surface area contributed by atoms with Crippen LogP contribution in [0.4, 0.5) is 11.9 Å². The molecule has 1 aromatic rings. The molecule has 1 aromatic heterocycles. The largest absolute Gasteiger partial charge is 0.467 e. The van der Waals surface area contributed by atoms with Crippen molar-refractivity contribution < 1.29 is 4.74 Å². The lowest BCUT2D eigenvalue weighted by molar-refractivity contribution is 0.192. The summed E-state index contributed by atoms with van der Waals surface area (Å²) in [5, 5.41) is 3.12. The standard InChI is InChI=1S/C14H26N6O/c1-5-11(3)19-7-9-20(10-8-19)13-16-12(15-6-2)17-14(18-13)21-4/h11H,5-10H2,1-4H3,(H,15,16,17,18). The van der Waals surface area contributed by atoms with Gasteiger partial charge in [-0.05, 0) is 20.3 Å². The second-order valence-corrected chi connectivity index (χ2v) is 5.26. The van der Waals surface area contributed by atoms with Crippen LogP contribution in [0.25, 0.3) is 0 Å². The fourth-order valence-electron chi connectivity index (χ4n) is 2.44. The summed E-state index contributed by atoms with van der Waals surface area (Å²) in [5.41, 5.74) is 0. The summed E-state index contributed by atoms with van der Waals surface area (Å²) in [6, 6.07) is 0.998. The minimum atomic E-state index is 0.361. The van der Waals surface area contributed by atoms with Crippen molar-refractivity contribution in [1.82, 2.24) is 19.9 Å². The van der Waals surface area contributed by atoms with Crippen molar-refractivity contribution in [2.75, 3.05) is 50.1 Å². The highest BCUT2D eigenvalue weighted by atomic mass is 16.5. The maximum absolute atomic E-state index is 5.17. The smallest absolute Gasteiger partial charge is 0.322 e. The number of hydrogen-bond donors (Lipinski definition) is 1. The molecular weight excluding hydrogens is 268 g/mol. The first-order valence-corrected chi connectivity index (χ1v) is 7.70. The summed E-state index contributed by atoms with van der Waals surface area (Å²) in [6.45, 7) is 11.3. The van der Waals surface area contributed by atoms with Crippen LogP contribution in [0.15, 0.2) is 0 Å². The van der Waals surface area contributed by atoms with Crippen molar-refractivity contribution in [2.24, 2.45) is 0 Å². The minimum Gasteiger partial charge on any atom is -0.467 e. The number of rotatable bonds is 6. The lowest BCUT2D eigenvalue weighted by atomic mass is 10.2. The van der Waals surface area contributed by atoms with Gasteiger partial charge in [-0.1, -0.05) is 6.92 Å². The van der Waals surface area contributed by atoms with Crippen LogP contribution in [0.2, 0.25) is 0 Å². The van der Waals surface area contributed by atoms with Crippen LogP contribution in [0.5, 0.6) is 6.01 Å². The summed E-state index contributed by atoms with van der Waals surface area (Å²) in [6.07, 6.45) is 1.18. The van der Waals surface area contributed by atoms with Gasteiger partial charge in [0.2, 0.25) is 11.9 Å². The van der Waals surface area contributed by atoms with Gasteiger partial charge in [0.25, 0.3) is 0 Å². The molecule has 21 heavy (non-hydrogen) atoms. The fraction of sp³-hybridized carbons (Fsp3) is 0.786. The predicted octanol–water partition coefficient (Wildman–Crippen LogP) is 1.23. The normalized spacial score (nSPS) is 17.6. The molecule has 0 bridgehead atoms. The van der Waals surface area contributed by atoms with E-state index in [2.05, 4.69) is 43.9 Å². The Bertz CT molecular complexity index is 447. The summed E-state index contributed by atoms with van der Waals surface area (Å²) in [5.74, 6) is 1.27. The quantitative estimate of drug-likeness (QED) is 0.846. The van der Waals surface area contributed by atoms with Crippen molar-refractivity contribution in [3.8, 4) is 6.01 Å². The first kappa shape index (κ1) is 15.8. The van der Waals surface area contributed by atoms with Crippen LogP contribution >= 0.6 is 0 Å². The van der Waals surface area contributed by atoms with Gasteiger partial charge in [0.15, 0.2) is 0 Å². The highest BCUT2D eigenvalue weighted by Gasteiger charge is 2.22. The van der Waals surface area contributed by atoms with E-state index in [1.165, 1.54) is 6.42 Å². The lowest BCUT2D eigenvalue weighted by Crippen LogP contribution is -2.50. The summed E-state index contributed by atoms with van der Waals surface area (Å²) >= 11 is 0. The van der Waals surface area contributed by atoms with Crippen molar-refractivity contribution in [3.63, 3.8) is 0 Å². The molecule has 0 aliphatic carbocycles. The molecule has 1 atom stereocenters. The molecule has 7 heteroatoms. The summed E-state index contributed by atoms with van der Waals surface area (Å²) < 4.78 is 5.17. The number of aromatic nitrogens is 3. The Morgan fingerprint density at radius 3 is 2.43 bits per heavy atom. The van der Waals surface area contributed by atoms with E-state index in [0.717, 1.165) is 32.7 Å². The SMILES string of the molecule is CCNc1nc(OC)nc(N2CCN(C(C)CC)CC2)n1. The molecule has 0 saturated carbocycles. The van der Waals surface area contributed by atoms with E-state index >= 15 is 0 Å². The maximum Gasteiger partial charge on any atom is 0.322 e. The van der Waals surface area contributed by atoms with Crippen molar-refractivity contribution in [3.05, 3.63) is 0 Å². The van der Waals surface area contributed by atoms with Gasteiger partial charge in [0, 0.05) is 38.8 Å². The molecule has 1 fully saturated rings. The molecular formula is C14H26N6O. The van der Waals surface area contributed by atoms with Gasteiger partial charge in [0.05, 0.1) is 7.11 Å². The second kappa shape index (κ2) is 7.40. The molecule has 0 aromatic carbocycles. The van der Waals surface area contributed by atoms with E-state index in [-0.39, 0.29) is 0 Å². The van der Waals surface area contributed by atoms with E-state index in [4.69, 9.17) is 4.74 Å². The van der Waals surface area contributed by atoms with Crippen LogP contribution in [-0.2, 0) is 0 Å². The molecule has 0 amide bonds. The summed E-state index contributed by atoms with van der Waals surface area (Å²) in [4.78, 5) is 17.8. The first-order chi connectivity index (χ1) is 10.2. The van der Waals surface area contributed by atoms with Gasteiger partial charge in [-0.15, -0.1) is 0 Å². The Labute approximate surface area is 126 Å². The van der Waals surface area contributed by atoms with Crippen LogP contribution in [-0.4, -0.2) is 65.7 Å². The van der Waals surface area contributed by atoms with E-state index in [1.54, 1.807) is 7.11 Å². The van der Waals surface area contributed by atoms with Gasteiger partial charge in [-0.25, -0.2) is 0 Å². The summed E-state index contributed by atoms with van der Waals surface area (Å²) in [7, 11) is 1.58. The van der Waals surface area contributed by atoms with Crippen LogP contribution in [0.1, 0.15) is 27.2 Å². The molecule has 118 valence electrons. The number of piperazine rings is 1. The van der Waals surface area contributed by atoms with Gasteiger partial charge in [0.1, 0.15) is 0 Å². The molecule has 2 rings (SSSR count). The zero-order valence-corrected chi connectivity index (χ0v) is 13.5. The van der Waals surface area contributed by atoms with Crippen LogP contribution < -0.4 is 15.0 Å². The third kappa shape index (κ3) is 3.93. The lowest BCUT2D eigenvalue weighted by Gasteiger charge is -2.37. The van der Waals surface area contributed by atoms with Crippen LogP contribution in [0.3, 0.4) is 0 Å². The molecule has 1 aliphatic rings. The first-order valence-electron chi connectivity index (χ1n) is 7.70. The predicted molar refractivity (Wildman–Crippen MR) is 84.1 cm³/mol. The molecule has 1 N–H and O–H groups in total. The zero-order valence-electron chi connectivity index (χ0n) is 13.5. The highest BCUT2D eigenvalue weighted by Crippen LogP contribution is 2.17. The maximum atomic E-state index is 5.17. The third-order valence-corrected chi connectivity index (χ3v) is 3.93. The Hall–Kier alpha value is -1.63.